The summed E-state index contributed by atoms with van der Waals surface area (Å²) in [5.41, 5.74) is 6.12. The summed E-state index contributed by atoms with van der Waals surface area (Å²) in [7, 11) is -3.37. The molecule has 16 heavy (non-hydrogen) atoms. The smallest absolute Gasteiger partial charge is 0.238 e. The van der Waals surface area contributed by atoms with Gasteiger partial charge >= 0.3 is 0 Å². The average Bonchev–Trinajstić information content (AvgIpc) is 2.58. The number of hydrogen-bond acceptors (Lipinski definition) is 5. The topological polar surface area (TPSA) is 118 Å². The molecule has 0 saturated carbocycles. The number of nitrogens with one attached hydrogen (secondary N) is 2. The number of H-pyrrole nitrogens is 1. The van der Waals surface area contributed by atoms with Crippen LogP contribution < -0.4 is 11.1 Å². The Morgan fingerprint density at radius 3 is 2.75 bits per heavy atom. The maximum absolute atomic E-state index is 11.4. The van der Waals surface area contributed by atoms with Crippen molar-refractivity contribution in [1.82, 2.24) is 15.5 Å². The molecule has 0 radical (unpaired) electrons. The number of anilines is 1. The lowest BCUT2D eigenvalue weighted by Gasteiger charge is -2.09. The Kier molecular flexibility index (Phi) is 3.53. The van der Waals surface area contributed by atoms with E-state index in [1.54, 1.807) is 0 Å². The van der Waals surface area contributed by atoms with Crippen LogP contribution in [0.4, 0.5) is 5.82 Å². The molecule has 0 aromatic carbocycles. The van der Waals surface area contributed by atoms with Gasteiger partial charge in [0.15, 0.2) is 9.84 Å². The summed E-state index contributed by atoms with van der Waals surface area (Å²) >= 11 is 0. The van der Waals surface area contributed by atoms with Gasteiger partial charge in [-0.15, -0.1) is 0 Å². The van der Waals surface area contributed by atoms with E-state index in [0.717, 1.165) is 6.26 Å². The van der Waals surface area contributed by atoms with E-state index in [4.69, 9.17) is 5.73 Å². The SMILES string of the molecule is CC(C(=O)NCc1cn[nH]c1N)S(C)(=O)=O. The lowest BCUT2D eigenvalue weighted by molar-refractivity contribution is -0.120. The van der Waals surface area contributed by atoms with Crippen LogP contribution in [0.2, 0.25) is 0 Å². The average molecular weight is 246 g/mol. The summed E-state index contributed by atoms with van der Waals surface area (Å²) in [4.78, 5) is 11.4. The van der Waals surface area contributed by atoms with Crippen molar-refractivity contribution in [3.8, 4) is 0 Å². The maximum atomic E-state index is 11.4. The van der Waals surface area contributed by atoms with Crippen LogP contribution in [0, 0.1) is 0 Å². The normalized spacial score (nSPS) is 13.4. The Bertz CT molecular complexity index is 479. The van der Waals surface area contributed by atoms with Gasteiger partial charge in [0, 0.05) is 18.4 Å². The molecule has 1 aromatic rings. The molecule has 1 amide bonds. The molecular formula is C8H14N4O3S. The van der Waals surface area contributed by atoms with Crippen LogP contribution in [0.5, 0.6) is 0 Å². The van der Waals surface area contributed by atoms with Crippen LogP contribution in [-0.4, -0.2) is 36.0 Å². The number of aromatic amines is 1. The summed E-state index contributed by atoms with van der Waals surface area (Å²) in [5.74, 6) is -0.199. The van der Waals surface area contributed by atoms with Gasteiger partial charge in [0.05, 0.1) is 6.20 Å². The summed E-state index contributed by atoms with van der Waals surface area (Å²) in [5, 5.41) is 7.59. The molecule has 90 valence electrons. The maximum Gasteiger partial charge on any atom is 0.238 e. The third-order valence-electron chi connectivity index (χ3n) is 2.22. The first-order valence-electron chi connectivity index (χ1n) is 4.56. The number of rotatable bonds is 4. The first-order chi connectivity index (χ1) is 7.32. The quantitative estimate of drug-likeness (QED) is 0.632. The number of nitrogens with two attached hydrogens (primary N) is 1. The fraction of sp³-hybridized carbons (Fsp3) is 0.500. The number of aromatic nitrogens is 2. The molecule has 1 aromatic heterocycles. The van der Waals surface area contributed by atoms with Crippen molar-refractivity contribution >= 4 is 21.6 Å². The minimum absolute atomic E-state index is 0.154. The van der Waals surface area contributed by atoms with Gasteiger partial charge in [0.1, 0.15) is 11.1 Å². The number of amides is 1. The number of hydrogen-bond donors (Lipinski definition) is 3. The van der Waals surface area contributed by atoms with Gasteiger partial charge in [-0.05, 0) is 6.92 Å². The van der Waals surface area contributed by atoms with Crippen molar-refractivity contribution in [1.29, 1.82) is 0 Å². The highest BCUT2D eigenvalue weighted by molar-refractivity contribution is 7.92. The molecule has 4 N–H and O–H groups in total. The Morgan fingerprint density at radius 2 is 2.31 bits per heavy atom. The van der Waals surface area contributed by atoms with Crippen molar-refractivity contribution in [3.63, 3.8) is 0 Å². The van der Waals surface area contributed by atoms with Gasteiger partial charge in [-0.3, -0.25) is 9.89 Å². The second-order valence-electron chi connectivity index (χ2n) is 3.50. The minimum atomic E-state index is -3.37. The van der Waals surface area contributed by atoms with Gasteiger partial charge in [0.2, 0.25) is 5.91 Å². The molecule has 0 spiro atoms. The van der Waals surface area contributed by atoms with Gasteiger partial charge in [-0.1, -0.05) is 0 Å². The monoisotopic (exact) mass is 246 g/mol. The van der Waals surface area contributed by atoms with Crippen molar-refractivity contribution in [2.24, 2.45) is 0 Å². The minimum Gasteiger partial charge on any atom is -0.384 e. The van der Waals surface area contributed by atoms with Crippen LogP contribution in [0.1, 0.15) is 12.5 Å². The highest BCUT2D eigenvalue weighted by Gasteiger charge is 2.23. The van der Waals surface area contributed by atoms with E-state index in [9.17, 15) is 13.2 Å². The molecule has 1 unspecified atom stereocenters. The molecular weight excluding hydrogens is 232 g/mol. The highest BCUT2D eigenvalue weighted by atomic mass is 32.2. The highest BCUT2D eigenvalue weighted by Crippen LogP contribution is 2.05. The third kappa shape index (κ3) is 2.96. The van der Waals surface area contributed by atoms with Crippen molar-refractivity contribution in [2.45, 2.75) is 18.7 Å². The molecule has 1 rings (SSSR count). The van der Waals surface area contributed by atoms with Gasteiger partial charge in [-0.2, -0.15) is 5.10 Å². The van der Waals surface area contributed by atoms with E-state index >= 15 is 0 Å². The number of sulfone groups is 1. The first kappa shape index (κ1) is 12.5. The second kappa shape index (κ2) is 4.52. The second-order valence-corrected chi connectivity index (χ2v) is 5.86. The summed E-state index contributed by atoms with van der Waals surface area (Å²) in [6, 6.07) is 0. The zero-order valence-corrected chi connectivity index (χ0v) is 9.84. The van der Waals surface area contributed by atoms with Crippen LogP contribution in [-0.2, 0) is 21.2 Å². The largest absolute Gasteiger partial charge is 0.384 e. The zero-order valence-electron chi connectivity index (χ0n) is 9.02. The lowest BCUT2D eigenvalue weighted by atomic mass is 10.3. The number of carbonyl (C=O) groups excluding carboxylic acids is 1. The van der Waals surface area contributed by atoms with E-state index in [1.165, 1.54) is 13.1 Å². The molecule has 0 saturated heterocycles. The Balaban J connectivity index is 2.58. The van der Waals surface area contributed by atoms with Crippen LogP contribution in [0.15, 0.2) is 6.20 Å². The van der Waals surface area contributed by atoms with Gasteiger partial charge in [0.25, 0.3) is 0 Å². The van der Waals surface area contributed by atoms with E-state index in [0.29, 0.717) is 11.4 Å². The molecule has 0 bridgehead atoms. The molecule has 1 heterocycles. The fourth-order valence-corrected chi connectivity index (χ4v) is 1.45. The summed E-state index contributed by atoms with van der Waals surface area (Å²) < 4.78 is 22.2. The Labute approximate surface area is 93.3 Å². The van der Waals surface area contributed by atoms with Crippen LogP contribution in [0.25, 0.3) is 0 Å². The predicted molar refractivity (Wildman–Crippen MR) is 59.2 cm³/mol. The number of nitrogen functional groups attached to an aromatic ring is 1. The first-order valence-corrected chi connectivity index (χ1v) is 6.52. The number of carbonyl (C=O) groups is 1. The van der Waals surface area contributed by atoms with E-state index in [1.807, 2.05) is 0 Å². The van der Waals surface area contributed by atoms with E-state index in [2.05, 4.69) is 15.5 Å². The predicted octanol–water partition coefficient (Wildman–Crippen LogP) is -0.959. The summed E-state index contributed by atoms with van der Waals surface area (Å²) in [6.07, 6.45) is 2.49. The fourth-order valence-electron chi connectivity index (χ4n) is 0.982. The molecule has 0 aliphatic carbocycles. The summed E-state index contributed by atoms with van der Waals surface area (Å²) in [6.45, 7) is 1.49. The molecule has 8 heteroatoms. The van der Waals surface area contributed by atoms with Crippen LogP contribution in [0.3, 0.4) is 0 Å². The van der Waals surface area contributed by atoms with E-state index in [-0.39, 0.29) is 6.54 Å². The van der Waals surface area contributed by atoms with Crippen molar-refractivity contribution < 1.29 is 13.2 Å². The molecule has 0 aliphatic heterocycles. The standard InChI is InChI=1S/C8H14N4O3S/c1-5(16(2,14)15)8(13)10-3-6-4-11-12-7(6)9/h4-5H,3H2,1-2H3,(H,10,13)(H3,9,11,12). The van der Waals surface area contributed by atoms with Crippen molar-refractivity contribution in [2.75, 3.05) is 12.0 Å². The lowest BCUT2D eigenvalue weighted by Crippen LogP contribution is -2.37. The molecule has 7 nitrogen and oxygen atoms in total. The molecule has 0 fully saturated rings. The zero-order chi connectivity index (χ0) is 12.3. The van der Waals surface area contributed by atoms with Crippen molar-refractivity contribution in [3.05, 3.63) is 11.8 Å². The Morgan fingerprint density at radius 1 is 1.69 bits per heavy atom. The molecule has 0 aliphatic rings. The van der Waals surface area contributed by atoms with Gasteiger partial charge < -0.3 is 11.1 Å². The number of nitrogens with zero attached hydrogens (tertiary/aromatic N) is 1. The van der Waals surface area contributed by atoms with E-state index < -0.39 is 21.0 Å². The molecule has 1 atom stereocenters. The Hall–Kier alpha value is -1.57. The van der Waals surface area contributed by atoms with Crippen LogP contribution >= 0.6 is 0 Å². The van der Waals surface area contributed by atoms with Gasteiger partial charge in [-0.25, -0.2) is 8.42 Å². The third-order valence-corrected chi connectivity index (χ3v) is 3.71.